The minimum absolute atomic E-state index is 0.0329. The van der Waals surface area contributed by atoms with E-state index >= 15 is 0 Å². The molecule has 0 aliphatic carbocycles. The van der Waals surface area contributed by atoms with Crippen LogP contribution in [0.2, 0.25) is 5.02 Å². The number of methoxy groups -OCH3 is 1. The molecule has 20 heavy (non-hydrogen) atoms. The number of hydrogen-bond acceptors (Lipinski definition) is 3. The largest absolute Gasteiger partial charge is 0.384 e. The molecule has 1 N–H and O–H groups in total. The number of halogens is 1. The summed E-state index contributed by atoms with van der Waals surface area (Å²) in [5, 5.41) is 3.55. The average Bonchev–Trinajstić information content (AvgIpc) is 2.40. The smallest absolute Gasteiger partial charge is 0.228 e. The van der Waals surface area contributed by atoms with Gasteiger partial charge in [0.2, 0.25) is 5.91 Å². The van der Waals surface area contributed by atoms with E-state index in [1.54, 1.807) is 7.11 Å². The first-order valence-corrected chi connectivity index (χ1v) is 6.93. The zero-order valence-electron chi connectivity index (χ0n) is 12.2. The molecule has 0 atom stereocenters. The zero-order valence-corrected chi connectivity index (χ0v) is 13.0. The van der Waals surface area contributed by atoms with Gasteiger partial charge in [0.05, 0.1) is 25.2 Å². The molecule has 112 valence electrons. The summed E-state index contributed by atoms with van der Waals surface area (Å²) >= 11 is 5.80. The molecule has 0 saturated heterocycles. The number of benzene rings is 1. The Bertz CT molecular complexity index is 418. The summed E-state index contributed by atoms with van der Waals surface area (Å²) in [4.78, 5) is 11.9. The van der Waals surface area contributed by atoms with Crippen molar-refractivity contribution in [3.05, 3.63) is 34.9 Å². The lowest BCUT2D eigenvalue weighted by Crippen LogP contribution is -2.41. The Morgan fingerprint density at radius 2 is 1.95 bits per heavy atom. The predicted molar refractivity (Wildman–Crippen MR) is 79.8 cm³/mol. The molecule has 1 rings (SSSR count). The van der Waals surface area contributed by atoms with Gasteiger partial charge in [0.15, 0.2) is 0 Å². The summed E-state index contributed by atoms with van der Waals surface area (Å²) in [6, 6.07) is 7.50. The van der Waals surface area contributed by atoms with Crippen LogP contribution in [0.4, 0.5) is 0 Å². The maximum atomic E-state index is 11.9. The van der Waals surface area contributed by atoms with Gasteiger partial charge >= 0.3 is 0 Å². The molecule has 4 nitrogen and oxygen atoms in total. The van der Waals surface area contributed by atoms with Crippen LogP contribution >= 0.6 is 11.6 Å². The van der Waals surface area contributed by atoms with Crippen LogP contribution in [0, 0.1) is 5.41 Å². The molecule has 0 radical (unpaired) electrons. The third-order valence-corrected chi connectivity index (χ3v) is 3.09. The van der Waals surface area contributed by atoms with Crippen molar-refractivity contribution < 1.29 is 14.3 Å². The topological polar surface area (TPSA) is 47.6 Å². The van der Waals surface area contributed by atoms with Crippen LogP contribution in [0.25, 0.3) is 0 Å². The van der Waals surface area contributed by atoms with Crippen molar-refractivity contribution in [3.8, 4) is 0 Å². The van der Waals surface area contributed by atoms with Crippen molar-refractivity contribution in [1.29, 1.82) is 0 Å². The quantitative estimate of drug-likeness (QED) is 0.751. The van der Waals surface area contributed by atoms with Crippen molar-refractivity contribution in [2.75, 3.05) is 26.9 Å². The fraction of sp³-hybridized carbons (Fsp3) is 0.533. The Kier molecular flexibility index (Phi) is 6.99. The van der Waals surface area contributed by atoms with Crippen molar-refractivity contribution in [3.63, 3.8) is 0 Å². The summed E-state index contributed by atoms with van der Waals surface area (Å²) < 4.78 is 10.5. The molecule has 0 saturated carbocycles. The minimum atomic E-state index is -0.523. The second-order valence-corrected chi connectivity index (χ2v) is 5.69. The second kappa shape index (κ2) is 8.25. The number of rotatable bonds is 8. The monoisotopic (exact) mass is 299 g/mol. The molecule has 1 aromatic rings. The molecular weight excluding hydrogens is 278 g/mol. The second-order valence-electron chi connectivity index (χ2n) is 5.25. The van der Waals surface area contributed by atoms with Gasteiger partial charge in [-0.15, -0.1) is 0 Å². The lowest BCUT2D eigenvalue weighted by molar-refractivity contribution is -0.132. The number of carbonyl (C=O) groups is 1. The van der Waals surface area contributed by atoms with E-state index in [1.165, 1.54) is 0 Å². The highest BCUT2D eigenvalue weighted by Gasteiger charge is 2.26. The normalized spacial score (nSPS) is 11.4. The van der Waals surface area contributed by atoms with Crippen LogP contribution in [0.5, 0.6) is 0 Å². The highest BCUT2D eigenvalue weighted by molar-refractivity contribution is 6.30. The van der Waals surface area contributed by atoms with Crippen LogP contribution in [0.1, 0.15) is 19.4 Å². The minimum Gasteiger partial charge on any atom is -0.384 e. The van der Waals surface area contributed by atoms with Crippen LogP contribution in [-0.2, 0) is 20.9 Å². The van der Waals surface area contributed by atoms with Gasteiger partial charge in [-0.25, -0.2) is 0 Å². The maximum Gasteiger partial charge on any atom is 0.228 e. The molecular formula is C15H22ClNO3. The molecule has 1 aromatic carbocycles. The van der Waals surface area contributed by atoms with E-state index in [9.17, 15) is 4.79 Å². The van der Waals surface area contributed by atoms with Crippen LogP contribution < -0.4 is 5.32 Å². The van der Waals surface area contributed by atoms with E-state index in [-0.39, 0.29) is 5.91 Å². The van der Waals surface area contributed by atoms with Crippen LogP contribution in [0.15, 0.2) is 24.3 Å². The number of hydrogen-bond donors (Lipinski definition) is 1. The third kappa shape index (κ3) is 5.90. The van der Waals surface area contributed by atoms with Gasteiger partial charge in [0.1, 0.15) is 0 Å². The van der Waals surface area contributed by atoms with Gasteiger partial charge in [-0.3, -0.25) is 4.79 Å². The van der Waals surface area contributed by atoms with Gasteiger partial charge < -0.3 is 14.8 Å². The summed E-state index contributed by atoms with van der Waals surface area (Å²) in [6.07, 6.45) is 0. The first-order valence-electron chi connectivity index (χ1n) is 6.55. The van der Waals surface area contributed by atoms with Crippen molar-refractivity contribution in [2.45, 2.75) is 20.5 Å². The fourth-order valence-corrected chi connectivity index (χ4v) is 1.80. The highest BCUT2D eigenvalue weighted by atomic mass is 35.5. The average molecular weight is 300 g/mol. The zero-order chi connectivity index (χ0) is 15.0. The molecule has 0 heterocycles. The Morgan fingerprint density at radius 3 is 2.55 bits per heavy atom. The van der Waals surface area contributed by atoms with E-state index in [4.69, 9.17) is 21.1 Å². The number of ether oxygens (including phenoxy) is 2. The summed E-state index contributed by atoms with van der Waals surface area (Å²) in [6.45, 7) is 5.55. The van der Waals surface area contributed by atoms with Crippen LogP contribution in [0.3, 0.4) is 0 Å². The standard InChI is InChI=1S/C15H22ClNO3/c1-15(2,11-19-3)14(18)17-8-9-20-10-12-4-6-13(16)7-5-12/h4-7H,8-11H2,1-3H3,(H,17,18). The van der Waals surface area contributed by atoms with Crippen molar-refractivity contribution in [2.24, 2.45) is 5.41 Å². The fourth-order valence-electron chi connectivity index (χ4n) is 1.67. The number of nitrogens with one attached hydrogen (secondary N) is 1. The molecule has 0 unspecified atom stereocenters. The van der Waals surface area contributed by atoms with Gasteiger partial charge in [-0.2, -0.15) is 0 Å². The van der Waals surface area contributed by atoms with E-state index in [0.29, 0.717) is 31.4 Å². The van der Waals surface area contributed by atoms with Crippen molar-refractivity contribution in [1.82, 2.24) is 5.32 Å². The Hall–Kier alpha value is -1.10. The molecule has 0 aliphatic heterocycles. The highest BCUT2D eigenvalue weighted by Crippen LogP contribution is 2.14. The SMILES string of the molecule is COCC(C)(C)C(=O)NCCOCc1ccc(Cl)cc1. The Balaban J connectivity index is 2.19. The predicted octanol–water partition coefficient (Wildman–Crippen LogP) is 2.65. The summed E-state index contributed by atoms with van der Waals surface area (Å²) in [7, 11) is 1.59. The number of amides is 1. The molecule has 0 spiro atoms. The first kappa shape index (κ1) is 17.0. The lowest BCUT2D eigenvalue weighted by Gasteiger charge is -2.22. The first-order chi connectivity index (χ1) is 9.45. The Labute approximate surface area is 125 Å². The molecule has 0 bridgehead atoms. The molecule has 5 heteroatoms. The maximum absolute atomic E-state index is 11.9. The summed E-state index contributed by atoms with van der Waals surface area (Å²) in [5.74, 6) is -0.0329. The van der Waals surface area contributed by atoms with E-state index in [2.05, 4.69) is 5.32 Å². The van der Waals surface area contributed by atoms with E-state index in [0.717, 1.165) is 5.56 Å². The molecule has 0 aromatic heterocycles. The molecule has 0 fully saturated rings. The van der Waals surface area contributed by atoms with Gasteiger partial charge in [0, 0.05) is 18.7 Å². The van der Waals surface area contributed by atoms with Crippen molar-refractivity contribution >= 4 is 17.5 Å². The lowest BCUT2D eigenvalue weighted by atomic mass is 9.94. The third-order valence-electron chi connectivity index (χ3n) is 2.83. The van der Waals surface area contributed by atoms with Gasteiger partial charge in [-0.05, 0) is 31.5 Å². The Morgan fingerprint density at radius 1 is 1.30 bits per heavy atom. The number of carbonyl (C=O) groups excluding carboxylic acids is 1. The van der Waals surface area contributed by atoms with E-state index in [1.807, 2.05) is 38.1 Å². The molecule has 1 amide bonds. The van der Waals surface area contributed by atoms with Gasteiger partial charge in [0.25, 0.3) is 0 Å². The van der Waals surface area contributed by atoms with Gasteiger partial charge in [-0.1, -0.05) is 23.7 Å². The molecule has 0 aliphatic rings. The van der Waals surface area contributed by atoms with E-state index < -0.39 is 5.41 Å². The summed E-state index contributed by atoms with van der Waals surface area (Å²) in [5.41, 5.74) is 0.533. The van der Waals surface area contributed by atoms with Crippen LogP contribution in [-0.4, -0.2) is 32.8 Å².